The summed E-state index contributed by atoms with van der Waals surface area (Å²) in [7, 11) is 1.51. The van der Waals surface area contributed by atoms with Gasteiger partial charge in [0.25, 0.3) is 5.56 Å². The standard InChI is InChI=1S/C34H32ClF3N10O3/c1-19-5-3-6-27(46-18-42-23(15-31(46)49)22-14-21(35)9-10-26(22)47(40)17-28(39)34(36,37)38)24-13-20(11-12-41-24)32-25(43-33(19)50)16-48(45-32)29-7-4-8-30(44-29)51-2/h4,7-19,27H,3,5-6,39-40H2,1-2H3,(H,43,50)/b28-17-. The molecule has 4 aromatic heterocycles. The number of methoxy groups -OCH3 is 1. The van der Waals surface area contributed by atoms with Crippen LogP contribution < -0.4 is 32.2 Å². The first-order chi connectivity index (χ1) is 24.3. The van der Waals surface area contributed by atoms with Crippen molar-refractivity contribution in [1.82, 2.24) is 29.3 Å². The van der Waals surface area contributed by atoms with Crippen LogP contribution >= 0.6 is 11.6 Å². The Morgan fingerprint density at radius 3 is 2.67 bits per heavy atom. The first-order valence-corrected chi connectivity index (χ1v) is 16.0. The number of halogens is 4. The summed E-state index contributed by atoms with van der Waals surface area (Å²) >= 11 is 6.23. The number of aromatic nitrogens is 6. The van der Waals surface area contributed by atoms with Gasteiger partial charge in [-0.05, 0) is 49.2 Å². The molecule has 5 heterocycles. The lowest BCUT2D eigenvalue weighted by Gasteiger charge is -2.22. The third-order valence-electron chi connectivity index (χ3n) is 8.37. The van der Waals surface area contributed by atoms with Crippen LogP contribution in [0.3, 0.4) is 0 Å². The molecule has 1 aliphatic heterocycles. The summed E-state index contributed by atoms with van der Waals surface area (Å²) in [5.74, 6) is 6.25. The molecule has 2 bridgehead atoms. The second kappa shape index (κ2) is 14.2. The van der Waals surface area contributed by atoms with Crippen LogP contribution in [0.15, 0.2) is 90.0 Å². The maximum atomic E-state index is 13.8. The van der Waals surface area contributed by atoms with Gasteiger partial charge in [0.05, 0.1) is 48.4 Å². The van der Waals surface area contributed by atoms with E-state index in [9.17, 15) is 22.8 Å². The fraction of sp³-hybridized carbons (Fsp3) is 0.235. The number of carbonyl (C=O) groups excluding carboxylic acids is 1. The highest BCUT2D eigenvalue weighted by Crippen LogP contribution is 2.35. The molecule has 13 nitrogen and oxygen atoms in total. The minimum absolute atomic E-state index is 0.0725. The van der Waals surface area contributed by atoms with Crippen molar-refractivity contribution in [1.29, 1.82) is 0 Å². The number of fused-ring (bicyclic) bond motifs is 4. The average Bonchev–Trinajstić information content (AvgIpc) is 3.53. The number of hydrogen-bond acceptors (Lipinski definition) is 10. The minimum atomic E-state index is -4.81. The van der Waals surface area contributed by atoms with Crippen LogP contribution in [0.25, 0.3) is 28.3 Å². The lowest BCUT2D eigenvalue weighted by Crippen LogP contribution is -2.30. The second-order valence-electron chi connectivity index (χ2n) is 11.9. The summed E-state index contributed by atoms with van der Waals surface area (Å²) in [5.41, 5.74) is 5.79. The number of carbonyl (C=O) groups is 1. The molecular weight excluding hydrogens is 689 g/mol. The van der Waals surface area contributed by atoms with E-state index in [0.29, 0.717) is 64.8 Å². The highest BCUT2D eigenvalue weighted by Gasteiger charge is 2.32. The van der Waals surface area contributed by atoms with E-state index in [1.807, 2.05) is 6.92 Å². The molecule has 1 amide bonds. The summed E-state index contributed by atoms with van der Waals surface area (Å²) < 4.78 is 47.6. The Balaban J connectivity index is 1.41. The van der Waals surface area contributed by atoms with Crippen molar-refractivity contribution in [3.05, 3.63) is 106 Å². The van der Waals surface area contributed by atoms with Gasteiger partial charge in [-0.25, -0.2) is 15.5 Å². The molecule has 0 saturated carbocycles. The molecule has 5 N–H and O–H groups in total. The van der Waals surface area contributed by atoms with E-state index < -0.39 is 23.5 Å². The minimum Gasteiger partial charge on any atom is -0.481 e. The van der Waals surface area contributed by atoms with Gasteiger partial charge < -0.3 is 15.8 Å². The lowest BCUT2D eigenvalue weighted by molar-refractivity contribution is -0.119. The fourth-order valence-corrected chi connectivity index (χ4v) is 5.85. The molecule has 51 heavy (non-hydrogen) atoms. The van der Waals surface area contributed by atoms with Gasteiger partial charge in [-0.1, -0.05) is 31.0 Å². The van der Waals surface area contributed by atoms with Crippen molar-refractivity contribution < 1.29 is 22.7 Å². The molecule has 0 fully saturated rings. The van der Waals surface area contributed by atoms with Crippen LogP contribution in [-0.2, 0) is 4.79 Å². The average molecular weight is 721 g/mol. The van der Waals surface area contributed by atoms with Crippen LogP contribution in [0.4, 0.5) is 24.5 Å². The number of allylic oxidation sites excluding steroid dienone is 1. The van der Waals surface area contributed by atoms with E-state index in [-0.39, 0.29) is 33.8 Å². The molecule has 2 atom stereocenters. The largest absolute Gasteiger partial charge is 0.481 e. The van der Waals surface area contributed by atoms with Crippen LogP contribution in [0, 0.1) is 5.92 Å². The number of anilines is 2. The molecule has 1 aromatic carbocycles. The Labute approximate surface area is 294 Å². The molecule has 0 aliphatic carbocycles. The number of pyridine rings is 2. The maximum absolute atomic E-state index is 13.8. The second-order valence-corrected chi connectivity index (χ2v) is 12.3. The molecule has 0 saturated heterocycles. The Morgan fingerprint density at radius 1 is 1.12 bits per heavy atom. The van der Waals surface area contributed by atoms with E-state index in [1.54, 1.807) is 47.4 Å². The van der Waals surface area contributed by atoms with Crippen LogP contribution in [0.5, 0.6) is 5.88 Å². The number of nitrogens with zero attached hydrogens (tertiary/aromatic N) is 7. The summed E-state index contributed by atoms with van der Waals surface area (Å²) in [6, 6.07) is 13.7. The summed E-state index contributed by atoms with van der Waals surface area (Å²) in [6.45, 7) is 1.82. The number of nitrogens with one attached hydrogen (secondary N) is 1. The van der Waals surface area contributed by atoms with E-state index in [0.717, 1.165) is 0 Å². The van der Waals surface area contributed by atoms with Gasteiger partial charge in [-0.15, -0.1) is 0 Å². The molecule has 1 aliphatic rings. The smallest absolute Gasteiger partial charge is 0.432 e. The predicted octanol–water partition coefficient (Wildman–Crippen LogP) is 5.61. The third kappa shape index (κ3) is 7.56. The van der Waals surface area contributed by atoms with Crippen LogP contribution in [0.2, 0.25) is 5.02 Å². The molecule has 17 heteroatoms. The van der Waals surface area contributed by atoms with Gasteiger partial charge in [0.15, 0.2) is 5.82 Å². The number of hydrazine groups is 1. The normalized spacial score (nSPS) is 16.8. The maximum Gasteiger partial charge on any atom is 0.432 e. The topological polar surface area (TPSA) is 172 Å². The molecule has 0 spiro atoms. The van der Waals surface area contributed by atoms with E-state index in [1.165, 1.54) is 42.3 Å². The molecule has 6 rings (SSSR count). The highest BCUT2D eigenvalue weighted by molar-refractivity contribution is 6.31. The number of hydrogen-bond donors (Lipinski definition) is 3. The van der Waals surface area contributed by atoms with Crippen molar-refractivity contribution in [2.24, 2.45) is 17.5 Å². The van der Waals surface area contributed by atoms with E-state index in [2.05, 4.69) is 20.3 Å². The molecular formula is C34H32ClF3N10O3. The summed E-state index contributed by atoms with van der Waals surface area (Å²) in [6.07, 6.45) is 1.85. The number of ether oxygens (including phenoxy) is 1. The van der Waals surface area contributed by atoms with Crippen molar-refractivity contribution >= 4 is 28.9 Å². The quantitative estimate of drug-likeness (QED) is 0.148. The van der Waals surface area contributed by atoms with Crippen LogP contribution in [-0.4, -0.2) is 48.5 Å². The Morgan fingerprint density at radius 2 is 1.92 bits per heavy atom. The van der Waals surface area contributed by atoms with Gasteiger partial charge in [0.1, 0.15) is 11.4 Å². The van der Waals surface area contributed by atoms with E-state index >= 15 is 0 Å². The fourth-order valence-electron chi connectivity index (χ4n) is 5.68. The monoisotopic (exact) mass is 720 g/mol. The van der Waals surface area contributed by atoms with E-state index in [4.69, 9.17) is 33.0 Å². The summed E-state index contributed by atoms with van der Waals surface area (Å²) in [4.78, 5) is 40.7. The number of amides is 1. The van der Waals surface area contributed by atoms with Gasteiger partial charge >= 0.3 is 6.18 Å². The van der Waals surface area contributed by atoms with Crippen LogP contribution in [0.1, 0.15) is 37.9 Å². The zero-order valence-electron chi connectivity index (χ0n) is 27.3. The van der Waals surface area contributed by atoms with Gasteiger partial charge in [0, 0.05) is 46.6 Å². The molecule has 264 valence electrons. The predicted molar refractivity (Wildman–Crippen MR) is 185 cm³/mol. The number of rotatable bonds is 6. The Kier molecular flexibility index (Phi) is 9.80. The Hall–Kier alpha value is -5.74. The molecule has 2 unspecified atom stereocenters. The first kappa shape index (κ1) is 35.1. The molecule has 5 aromatic rings. The van der Waals surface area contributed by atoms with Gasteiger partial charge in [-0.2, -0.15) is 23.3 Å². The zero-order chi connectivity index (χ0) is 36.4. The van der Waals surface area contributed by atoms with Crippen molar-refractivity contribution in [3.8, 4) is 34.2 Å². The van der Waals surface area contributed by atoms with Crippen molar-refractivity contribution in [2.45, 2.75) is 38.4 Å². The molecule has 0 radical (unpaired) electrons. The first-order valence-electron chi connectivity index (χ1n) is 15.7. The number of alkyl halides is 3. The van der Waals surface area contributed by atoms with Gasteiger partial charge in [-0.3, -0.25) is 24.1 Å². The zero-order valence-corrected chi connectivity index (χ0v) is 28.1. The van der Waals surface area contributed by atoms with Crippen molar-refractivity contribution in [2.75, 3.05) is 17.4 Å². The SMILES string of the molecule is COc1cccc(-n2cc3c(n2)-c2ccnc(c2)C(n2cnc(-c4cc(Cl)ccc4N(N)/C=C(\N)C(F)(F)F)cc2=O)CCCC(C)C(=O)N3)n1. The number of benzene rings is 1. The van der Waals surface area contributed by atoms with Gasteiger partial charge in [0.2, 0.25) is 11.8 Å². The van der Waals surface area contributed by atoms with Crippen molar-refractivity contribution in [3.63, 3.8) is 0 Å². The summed E-state index contributed by atoms with van der Waals surface area (Å²) in [5, 5.41) is 8.70. The Bertz CT molecular complexity index is 2190. The highest BCUT2D eigenvalue weighted by atomic mass is 35.5. The lowest BCUT2D eigenvalue weighted by atomic mass is 9.97. The number of nitrogens with two attached hydrogens (primary N) is 2. The third-order valence-corrected chi connectivity index (χ3v) is 8.61.